The molecule has 0 radical (unpaired) electrons. The van der Waals surface area contributed by atoms with Gasteiger partial charge >= 0.3 is 5.97 Å². The van der Waals surface area contributed by atoms with E-state index in [1.165, 1.54) is 13.8 Å². The second kappa shape index (κ2) is 10.8. The van der Waals surface area contributed by atoms with Gasteiger partial charge in [0, 0.05) is 11.3 Å². The second-order valence-electron chi connectivity index (χ2n) is 6.26. The molecule has 2 rings (SSSR count). The molecule has 1 N–H and O–H groups in total. The zero-order valence-electron chi connectivity index (χ0n) is 16.8. The van der Waals surface area contributed by atoms with E-state index < -0.39 is 18.0 Å². The number of hydrogen-bond donors (Lipinski definition) is 1. The number of amides is 1. The van der Waals surface area contributed by atoms with Crippen LogP contribution in [-0.4, -0.2) is 37.0 Å². The van der Waals surface area contributed by atoms with Gasteiger partial charge in [-0.3, -0.25) is 14.4 Å². The summed E-state index contributed by atoms with van der Waals surface area (Å²) in [6.45, 7) is 5.58. The molecule has 0 spiro atoms. The number of rotatable bonds is 10. The predicted octanol–water partition coefficient (Wildman–Crippen LogP) is 3.63. The number of anilines is 1. The molecule has 1 atom stereocenters. The molecule has 0 aliphatic rings. The highest BCUT2D eigenvalue weighted by molar-refractivity contribution is 5.97. The van der Waals surface area contributed by atoms with Gasteiger partial charge < -0.3 is 19.5 Å². The number of esters is 1. The molecule has 0 aliphatic carbocycles. The van der Waals surface area contributed by atoms with Gasteiger partial charge in [0.05, 0.1) is 19.6 Å². The maximum Gasteiger partial charge on any atom is 0.310 e. The Labute approximate surface area is 170 Å². The number of ketones is 1. The average Bonchev–Trinajstić information content (AvgIpc) is 2.70. The van der Waals surface area contributed by atoms with Crippen LogP contribution in [0.15, 0.2) is 48.5 Å². The largest absolute Gasteiger partial charge is 0.494 e. The van der Waals surface area contributed by atoms with Crippen LogP contribution in [0.25, 0.3) is 0 Å². The van der Waals surface area contributed by atoms with Crippen molar-refractivity contribution in [2.75, 3.05) is 18.5 Å². The molecule has 0 unspecified atom stereocenters. The fourth-order valence-electron chi connectivity index (χ4n) is 2.39. The molecule has 0 aromatic heterocycles. The van der Waals surface area contributed by atoms with Gasteiger partial charge in [-0.1, -0.05) is 0 Å². The third-order valence-electron chi connectivity index (χ3n) is 3.95. The highest BCUT2D eigenvalue weighted by Crippen LogP contribution is 2.17. The first-order chi connectivity index (χ1) is 13.9. The van der Waals surface area contributed by atoms with E-state index in [4.69, 9.17) is 14.2 Å². The van der Waals surface area contributed by atoms with Gasteiger partial charge in [0.25, 0.3) is 5.91 Å². The Hall–Kier alpha value is -3.35. The first-order valence-electron chi connectivity index (χ1n) is 9.36. The van der Waals surface area contributed by atoms with Crippen molar-refractivity contribution in [2.24, 2.45) is 0 Å². The van der Waals surface area contributed by atoms with E-state index in [0.29, 0.717) is 23.6 Å². The summed E-state index contributed by atoms with van der Waals surface area (Å²) in [5, 5.41) is 2.64. The molecular formula is C22H25NO6. The van der Waals surface area contributed by atoms with Crippen LogP contribution < -0.4 is 14.8 Å². The Bertz CT molecular complexity index is 829. The molecular weight excluding hydrogens is 374 g/mol. The van der Waals surface area contributed by atoms with Gasteiger partial charge in [-0.2, -0.15) is 0 Å². The number of carbonyl (C=O) groups is 3. The van der Waals surface area contributed by atoms with E-state index in [9.17, 15) is 14.4 Å². The average molecular weight is 399 g/mol. The smallest absolute Gasteiger partial charge is 0.310 e. The molecule has 7 heteroatoms. The summed E-state index contributed by atoms with van der Waals surface area (Å²) in [5.41, 5.74) is 1.07. The van der Waals surface area contributed by atoms with Crippen LogP contribution in [0.2, 0.25) is 0 Å². The SMILES string of the molecule is CCOc1ccc(OCCC(=O)O[C@H](C)C(=O)Nc2ccc(C(C)=O)cc2)cc1. The van der Waals surface area contributed by atoms with E-state index in [0.717, 1.165) is 5.75 Å². The first-order valence-corrected chi connectivity index (χ1v) is 9.36. The van der Waals surface area contributed by atoms with E-state index in [1.807, 2.05) is 6.92 Å². The molecule has 0 saturated heterocycles. The van der Waals surface area contributed by atoms with Crippen molar-refractivity contribution in [3.05, 3.63) is 54.1 Å². The van der Waals surface area contributed by atoms with Crippen molar-refractivity contribution < 1.29 is 28.6 Å². The maximum absolute atomic E-state index is 12.1. The highest BCUT2D eigenvalue weighted by Gasteiger charge is 2.18. The highest BCUT2D eigenvalue weighted by atomic mass is 16.5. The molecule has 29 heavy (non-hydrogen) atoms. The monoisotopic (exact) mass is 399 g/mol. The van der Waals surface area contributed by atoms with Crippen molar-refractivity contribution >= 4 is 23.3 Å². The zero-order chi connectivity index (χ0) is 21.2. The number of benzene rings is 2. The van der Waals surface area contributed by atoms with Crippen LogP contribution in [0, 0.1) is 0 Å². The van der Waals surface area contributed by atoms with Crippen LogP contribution in [0.4, 0.5) is 5.69 Å². The van der Waals surface area contributed by atoms with E-state index in [1.54, 1.807) is 48.5 Å². The Morgan fingerprint density at radius 1 is 0.931 bits per heavy atom. The van der Waals surface area contributed by atoms with Gasteiger partial charge in [-0.05, 0) is 69.3 Å². The van der Waals surface area contributed by atoms with Crippen LogP contribution >= 0.6 is 0 Å². The minimum absolute atomic E-state index is 0.0120. The van der Waals surface area contributed by atoms with Crippen LogP contribution in [0.3, 0.4) is 0 Å². The van der Waals surface area contributed by atoms with E-state index in [2.05, 4.69) is 5.32 Å². The molecule has 0 aliphatic heterocycles. The second-order valence-corrected chi connectivity index (χ2v) is 6.26. The number of Topliss-reactive ketones (excluding diaryl/α,β-unsaturated/α-hetero) is 1. The first kappa shape index (κ1) is 21.9. The number of nitrogens with one attached hydrogen (secondary N) is 1. The fraction of sp³-hybridized carbons (Fsp3) is 0.318. The molecule has 1 amide bonds. The van der Waals surface area contributed by atoms with Gasteiger partial charge in [0.2, 0.25) is 0 Å². The number of hydrogen-bond acceptors (Lipinski definition) is 6. The maximum atomic E-state index is 12.1. The van der Waals surface area contributed by atoms with Crippen molar-refractivity contribution in [1.29, 1.82) is 0 Å². The van der Waals surface area contributed by atoms with Crippen molar-refractivity contribution in [2.45, 2.75) is 33.3 Å². The van der Waals surface area contributed by atoms with Crippen molar-refractivity contribution in [3.63, 3.8) is 0 Å². The van der Waals surface area contributed by atoms with Crippen LogP contribution in [-0.2, 0) is 14.3 Å². The summed E-state index contributed by atoms with van der Waals surface area (Å²) in [7, 11) is 0. The molecule has 7 nitrogen and oxygen atoms in total. The molecule has 0 heterocycles. The number of ether oxygens (including phenoxy) is 3. The summed E-state index contributed by atoms with van der Waals surface area (Å²) in [6.07, 6.45) is -0.946. The zero-order valence-corrected chi connectivity index (χ0v) is 16.8. The third-order valence-corrected chi connectivity index (χ3v) is 3.95. The summed E-state index contributed by atoms with van der Waals surface area (Å²) >= 11 is 0. The minimum atomic E-state index is -0.958. The summed E-state index contributed by atoms with van der Waals surface area (Å²) in [5.74, 6) is 0.306. The lowest BCUT2D eigenvalue weighted by Gasteiger charge is -2.14. The van der Waals surface area contributed by atoms with Gasteiger partial charge in [-0.25, -0.2) is 0 Å². The molecule has 2 aromatic rings. The van der Waals surface area contributed by atoms with E-state index >= 15 is 0 Å². The third kappa shape index (κ3) is 7.29. The molecule has 0 bridgehead atoms. The predicted molar refractivity (Wildman–Crippen MR) is 108 cm³/mol. The van der Waals surface area contributed by atoms with Crippen molar-refractivity contribution in [1.82, 2.24) is 0 Å². The van der Waals surface area contributed by atoms with Crippen molar-refractivity contribution in [3.8, 4) is 11.5 Å². The lowest BCUT2D eigenvalue weighted by molar-refractivity contribution is -0.153. The van der Waals surface area contributed by atoms with Crippen LogP contribution in [0.1, 0.15) is 37.6 Å². The minimum Gasteiger partial charge on any atom is -0.494 e. The van der Waals surface area contributed by atoms with E-state index in [-0.39, 0.29) is 18.8 Å². The molecule has 154 valence electrons. The summed E-state index contributed by atoms with van der Waals surface area (Å²) in [4.78, 5) is 35.3. The Balaban J connectivity index is 1.73. The summed E-state index contributed by atoms with van der Waals surface area (Å²) in [6, 6.07) is 13.5. The Morgan fingerprint density at radius 2 is 1.52 bits per heavy atom. The normalized spacial score (nSPS) is 11.3. The number of carbonyl (C=O) groups excluding carboxylic acids is 3. The molecule has 2 aromatic carbocycles. The fourth-order valence-corrected chi connectivity index (χ4v) is 2.39. The summed E-state index contributed by atoms with van der Waals surface area (Å²) < 4.78 is 16.0. The Morgan fingerprint density at radius 3 is 2.07 bits per heavy atom. The Kier molecular flexibility index (Phi) is 8.21. The van der Waals surface area contributed by atoms with Gasteiger partial charge in [0.15, 0.2) is 11.9 Å². The van der Waals surface area contributed by atoms with Gasteiger partial charge in [-0.15, -0.1) is 0 Å². The van der Waals surface area contributed by atoms with Crippen LogP contribution in [0.5, 0.6) is 11.5 Å². The van der Waals surface area contributed by atoms with Gasteiger partial charge in [0.1, 0.15) is 11.5 Å². The standard InChI is InChI=1S/C22H25NO6/c1-4-27-19-9-11-20(12-10-19)28-14-13-21(25)29-16(3)22(26)23-18-7-5-17(6-8-18)15(2)24/h5-12,16H,4,13-14H2,1-3H3,(H,23,26)/t16-/m1/s1. The quantitative estimate of drug-likeness (QED) is 0.485. The topological polar surface area (TPSA) is 90.9 Å². The molecule has 0 saturated carbocycles. The molecule has 0 fully saturated rings. The lowest BCUT2D eigenvalue weighted by Crippen LogP contribution is -2.30. The lowest BCUT2D eigenvalue weighted by atomic mass is 10.1.